The molecular formula is C18H30N6O2. The minimum absolute atomic E-state index is 0.00423. The number of amides is 2. The van der Waals surface area contributed by atoms with Gasteiger partial charge in [0, 0.05) is 46.8 Å². The van der Waals surface area contributed by atoms with E-state index in [9.17, 15) is 9.59 Å². The zero-order valence-corrected chi connectivity index (χ0v) is 16.2. The number of piperidine rings is 1. The number of nitrogens with zero attached hydrogens (tertiary/aromatic N) is 5. The Bertz CT molecular complexity index is 671. The average molecular weight is 362 g/mol. The standard InChI is InChI=1S/C18H30N6O2/c1-13-16(7-19-22(13)4)20-17(25)11-24-9-14-5-6-15(24)10-23(8-14)12-18(26)21(2)3/h7,14-15H,5-6,8-12H2,1-4H3,(H,20,25)/t14-,15+/m1/s1. The van der Waals surface area contributed by atoms with Crippen LogP contribution < -0.4 is 5.32 Å². The molecule has 1 N–H and O–H groups in total. The van der Waals surface area contributed by atoms with Crippen LogP contribution in [0.1, 0.15) is 18.5 Å². The number of likely N-dealkylation sites (N-methyl/N-ethyl adjacent to an activating group) is 1. The molecule has 1 aromatic heterocycles. The van der Waals surface area contributed by atoms with Gasteiger partial charge in [-0.2, -0.15) is 5.10 Å². The Morgan fingerprint density at radius 1 is 1.23 bits per heavy atom. The molecule has 2 bridgehead atoms. The van der Waals surface area contributed by atoms with Gasteiger partial charge in [-0.1, -0.05) is 0 Å². The highest BCUT2D eigenvalue weighted by Gasteiger charge is 2.36. The molecule has 0 saturated carbocycles. The lowest BCUT2D eigenvalue weighted by atomic mass is 9.95. The van der Waals surface area contributed by atoms with E-state index in [1.807, 2.05) is 14.0 Å². The van der Waals surface area contributed by atoms with E-state index in [4.69, 9.17) is 0 Å². The Morgan fingerprint density at radius 3 is 2.65 bits per heavy atom. The van der Waals surface area contributed by atoms with Crippen LogP contribution >= 0.6 is 0 Å². The molecule has 4 heterocycles. The van der Waals surface area contributed by atoms with Crippen LogP contribution in [0.4, 0.5) is 5.69 Å². The first kappa shape index (κ1) is 18.8. The van der Waals surface area contributed by atoms with E-state index in [0.717, 1.165) is 37.4 Å². The van der Waals surface area contributed by atoms with Gasteiger partial charge in [-0.3, -0.25) is 24.1 Å². The number of nitrogens with one attached hydrogen (secondary N) is 1. The zero-order valence-electron chi connectivity index (χ0n) is 16.2. The van der Waals surface area contributed by atoms with Crippen LogP contribution in [0, 0.1) is 12.8 Å². The van der Waals surface area contributed by atoms with Gasteiger partial charge in [0.05, 0.1) is 30.7 Å². The van der Waals surface area contributed by atoms with Crippen LogP contribution in [0.25, 0.3) is 0 Å². The highest BCUT2D eigenvalue weighted by Crippen LogP contribution is 2.27. The molecule has 3 fully saturated rings. The lowest BCUT2D eigenvalue weighted by molar-refractivity contribution is -0.130. The Hall–Kier alpha value is -1.93. The second-order valence-corrected chi connectivity index (χ2v) is 7.82. The fourth-order valence-electron chi connectivity index (χ4n) is 3.93. The van der Waals surface area contributed by atoms with Gasteiger partial charge in [0.1, 0.15) is 0 Å². The fourth-order valence-corrected chi connectivity index (χ4v) is 3.93. The molecule has 0 radical (unpaired) electrons. The summed E-state index contributed by atoms with van der Waals surface area (Å²) >= 11 is 0. The number of hydrogen-bond acceptors (Lipinski definition) is 5. The summed E-state index contributed by atoms with van der Waals surface area (Å²) in [6, 6.07) is 0.337. The van der Waals surface area contributed by atoms with Crippen molar-refractivity contribution in [1.29, 1.82) is 0 Å². The first-order chi connectivity index (χ1) is 12.3. The highest BCUT2D eigenvalue weighted by atomic mass is 16.2. The molecule has 0 unspecified atom stereocenters. The van der Waals surface area contributed by atoms with E-state index < -0.39 is 0 Å². The van der Waals surface area contributed by atoms with E-state index in [1.165, 1.54) is 6.42 Å². The van der Waals surface area contributed by atoms with Gasteiger partial charge in [0.25, 0.3) is 0 Å². The predicted octanol–water partition coefficient (Wildman–Crippen LogP) is 0.151. The molecule has 3 aliphatic rings. The topological polar surface area (TPSA) is 73.7 Å². The Morgan fingerprint density at radius 2 is 2.00 bits per heavy atom. The molecule has 2 atom stereocenters. The largest absolute Gasteiger partial charge is 0.348 e. The monoisotopic (exact) mass is 362 g/mol. The van der Waals surface area contributed by atoms with Gasteiger partial charge >= 0.3 is 0 Å². The highest BCUT2D eigenvalue weighted by molar-refractivity contribution is 5.92. The van der Waals surface area contributed by atoms with Gasteiger partial charge in [-0.05, 0) is 25.7 Å². The smallest absolute Gasteiger partial charge is 0.238 e. The van der Waals surface area contributed by atoms with Crippen molar-refractivity contribution >= 4 is 17.5 Å². The number of carbonyl (C=O) groups is 2. The molecule has 8 nitrogen and oxygen atoms in total. The molecule has 3 aliphatic heterocycles. The second-order valence-electron chi connectivity index (χ2n) is 7.82. The Labute approximate surface area is 155 Å². The summed E-state index contributed by atoms with van der Waals surface area (Å²) in [5, 5.41) is 7.14. The molecule has 144 valence electrons. The second kappa shape index (κ2) is 7.75. The van der Waals surface area contributed by atoms with E-state index in [-0.39, 0.29) is 11.8 Å². The Balaban J connectivity index is 1.58. The first-order valence-electron chi connectivity index (χ1n) is 9.28. The molecule has 1 aromatic rings. The maximum atomic E-state index is 12.5. The van der Waals surface area contributed by atoms with Crippen LogP contribution in [-0.4, -0.2) is 89.2 Å². The summed E-state index contributed by atoms with van der Waals surface area (Å²) < 4.78 is 1.75. The number of fused-ring (bicyclic) bond motifs is 4. The number of aromatic nitrogens is 2. The lowest BCUT2D eigenvalue weighted by Gasteiger charge is -2.35. The molecule has 8 heteroatoms. The summed E-state index contributed by atoms with van der Waals surface area (Å²) in [4.78, 5) is 30.8. The quantitative estimate of drug-likeness (QED) is 0.807. The Kier molecular flexibility index (Phi) is 5.62. The van der Waals surface area contributed by atoms with Crippen molar-refractivity contribution in [2.24, 2.45) is 13.0 Å². The maximum absolute atomic E-state index is 12.5. The molecule has 3 saturated heterocycles. The normalized spacial score (nSPS) is 23.7. The van der Waals surface area contributed by atoms with E-state index >= 15 is 0 Å². The van der Waals surface area contributed by atoms with Crippen molar-refractivity contribution < 1.29 is 9.59 Å². The van der Waals surface area contributed by atoms with E-state index in [2.05, 4.69) is 20.2 Å². The van der Waals surface area contributed by atoms with Crippen molar-refractivity contribution in [3.8, 4) is 0 Å². The third-order valence-corrected chi connectivity index (χ3v) is 5.62. The van der Waals surface area contributed by atoms with Crippen molar-refractivity contribution in [2.45, 2.75) is 25.8 Å². The fraction of sp³-hybridized carbons (Fsp3) is 0.722. The molecule has 4 rings (SSSR count). The third kappa shape index (κ3) is 4.24. The predicted molar refractivity (Wildman–Crippen MR) is 99.8 cm³/mol. The lowest BCUT2D eigenvalue weighted by Crippen LogP contribution is -2.47. The van der Waals surface area contributed by atoms with Crippen molar-refractivity contribution in [3.63, 3.8) is 0 Å². The number of carbonyl (C=O) groups excluding carboxylic acids is 2. The number of anilines is 1. The first-order valence-corrected chi connectivity index (χ1v) is 9.28. The van der Waals surface area contributed by atoms with Crippen LogP contribution in [0.5, 0.6) is 0 Å². The summed E-state index contributed by atoms with van der Waals surface area (Å²) in [5.74, 6) is 0.670. The van der Waals surface area contributed by atoms with Crippen molar-refractivity contribution in [1.82, 2.24) is 24.5 Å². The summed E-state index contributed by atoms with van der Waals surface area (Å²) in [6.07, 6.45) is 3.96. The molecule has 0 aromatic carbocycles. The molecular weight excluding hydrogens is 332 g/mol. The number of rotatable bonds is 5. The van der Waals surface area contributed by atoms with E-state index in [1.54, 1.807) is 29.9 Å². The van der Waals surface area contributed by atoms with Crippen LogP contribution in [0.2, 0.25) is 0 Å². The van der Waals surface area contributed by atoms with Gasteiger partial charge in [0.15, 0.2) is 0 Å². The van der Waals surface area contributed by atoms with Crippen LogP contribution in [-0.2, 0) is 16.6 Å². The summed E-state index contributed by atoms with van der Waals surface area (Å²) in [7, 11) is 5.46. The molecule has 2 amide bonds. The minimum Gasteiger partial charge on any atom is -0.348 e. The van der Waals surface area contributed by atoms with Crippen molar-refractivity contribution in [3.05, 3.63) is 11.9 Å². The van der Waals surface area contributed by atoms with Gasteiger partial charge in [-0.15, -0.1) is 0 Å². The number of hydrogen-bond donors (Lipinski definition) is 1. The van der Waals surface area contributed by atoms with Gasteiger partial charge < -0.3 is 10.2 Å². The third-order valence-electron chi connectivity index (χ3n) is 5.62. The average Bonchev–Trinajstić information content (AvgIpc) is 2.76. The minimum atomic E-state index is 0.00423. The summed E-state index contributed by atoms with van der Waals surface area (Å²) in [5.41, 5.74) is 1.72. The van der Waals surface area contributed by atoms with E-state index in [0.29, 0.717) is 25.0 Å². The maximum Gasteiger partial charge on any atom is 0.238 e. The van der Waals surface area contributed by atoms with Gasteiger partial charge in [0.2, 0.25) is 11.8 Å². The van der Waals surface area contributed by atoms with Crippen LogP contribution in [0.15, 0.2) is 6.20 Å². The number of aryl methyl sites for hydroxylation is 1. The molecule has 0 spiro atoms. The van der Waals surface area contributed by atoms with Gasteiger partial charge in [-0.25, -0.2) is 0 Å². The molecule has 26 heavy (non-hydrogen) atoms. The summed E-state index contributed by atoms with van der Waals surface area (Å²) in [6.45, 7) is 5.53. The zero-order chi connectivity index (χ0) is 18.8. The van der Waals surface area contributed by atoms with Crippen molar-refractivity contribution in [2.75, 3.05) is 52.1 Å². The SMILES string of the molecule is Cc1c(NC(=O)CN2C[C@@H]3CC[C@H]2CN(CC(=O)N(C)C)C3)cnn1C. The molecule has 0 aliphatic carbocycles. The van der Waals surface area contributed by atoms with Crippen LogP contribution in [0.3, 0.4) is 0 Å².